The summed E-state index contributed by atoms with van der Waals surface area (Å²) in [6, 6.07) is 6.35. The van der Waals surface area contributed by atoms with Crippen molar-refractivity contribution in [1.82, 2.24) is 5.32 Å². The SMILES string of the molecule is CCc1cccc(C)c1NC(=S)NCCC(C)(C)C. The molecule has 0 atom stereocenters. The summed E-state index contributed by atoms with van der Waals surface area (Å²) in [5, 5.41) is 7.34. The summed E-state index contributed by atoms with van der Waals surface area (Å²) in [7, 11) is 0. The quantitative estimate of drug-likeness (QED) is 0.804. The summed E-state index contributed by atoms with van der Waals surface area (Å²) in [4.78, 5) is 0. The van der Waals surface area contributed by atoms with E-state index in [1.54, 1.807) is 0 Å². The number of benzene rings is 1. The molecule has 3 heteroatoms. The van der Waals surface area contributed by atoms with Crippen LogP contribution in [0.2, 0.25) is 0 Å². The van der Waals surface area contributed by atoms with Gasteiger partial charge < -0.3 is 10.6 Å². The van der Waals surface area contributed by atoms with Crippen LogP contribution < -0.4 is 10.6 Å². The fraction of sp³-hybridized carbons (Fsp3) is 0.562. The number of rotatable bonds is 4. The second kappa shape index (κ2) is 6.90. The first-order chi connectivity index (χ1) is 8.83. The fourth-order valence-electron chi connectivity index (χ4n) is 1.91. The average molecular weight is 278 g/mol. The maximum atomic E-state index is 5.37. The van der Waals surface area contributed by atoms with Crippen LogP contribution in [0.15, 0.2) is 18.2 Å². The zero-order chi connectivity index (χ0) is 14.5. The van der Waals surface area contributed by atoms with E-state index in [-0.39, 0.29) is 0 Å². The van der Waals surface area contributed by atoms with E-state index >= 15 is 0 Å². The monoisotopic (exact) mass is 278 g/mol. The highest BCUT2D eigenvalue weighted by Gasteiger charge is 2.10. The molecule has 1 aromatic rings. The Kier molecular flexibility index (Phi) is 5.80. The fourth-order valence-corrected chi connectivity index (χ4v) is 2.11. The lowest BCUT2D eigenvalue weighted by atomic mass is 9.92. The van der Waals surface area contributed by atoms with Crippen LogP contribution in [0.5, 0.6) is 0 Å². The number of para-hydroxylation sites is 1. The van der Waals surface area contributed by atoms with E-state index in [0.29, 0.717) is 10.5 Å². The van der Waals surface area contributed by atoms with Crippen molar-refractivity contribution in [3.05, 3.63) is 29.3 Å². The van der Waals surface area contributed by atoms with E-state index < -0.39 is 0 Å². The molecule has 0 aliphatic rings. The third kappa shape index (κ3) is 5.60. The predicted molar refractivity (Wildman–Crippen MR) is 88.9 cm³/mol. The van der Waals surface area contributed by atoms with Crippen LogP contribution in [0.25, 0.3) is 0 Å². The molecular formula is C16H26N2S. The molecule has 0 saturated heterocycles. The van der Waals surface area contributed by atoms with Gasteiger partial charge in [0, 0.05) is 12.2 Å². The lowest BCUT2D eigenvalue weighted by Gasteiger charge is -2.20. The Morgan fingerprint density at radius 1 is 1.26 bits per heavy atom. The zero-order valence-corrected chi connectivity index (χ0v) is 13.6. The number of aryl methyl sites for hydroxylation is 2. The zero-order valence-electron chi connectivity index (χ0n) is 12.8. The van der Waals surface area contributed by atoms with Crippen molar-refractivity contribution in [2.45, 2.75) is 47.5 Å². The van der Waals surface area contributed by atoms with Crippen LogP contribution in [0.4, 0.5) is 5.69 Å². The molecule has 0 bridgehead atoms. The smallest absolute Gasteiger partial charge is 0.170 e. The second-order valence-electron chi connectivity index (χ2n) is 6.15. The van der Waals surface area contributed by atoms with Crippen LogP contribution in [-0.2, 0) is 6.42 Å². The van der Waals surface area contributed by atoms with E-state index in [0.717, 1.165) is 25.1 Å². The van der Waals surface area contributed by atoms with Crippen LogP contribution in [0.1, 0.15) is 45.2 Å². The van der Waals surface area contributed by atoms with Gasteiger partial charge in [-0.15, -0.1) is 0 Å². The van der Waals surface area contributed by atoms with Gasteiger partial charge in [0.25, 0.3) is 0 Å². The normalized spacial score (nSPS) is 11.2. The van der Waals surface area contributed by atoms with Crippen LogP contribution in [0.3, 0.4) is 0 Å². The molecule has 0 spiro atoms. The Labute approximate surface area is 123 Å². The van der Waals surface area contributed by atoms with Crippen molar-refractivity contribution >= 4 is 23.0 Å². The molecule has 0 aromatic heterocycles. The number of thiocarbonyl (C=S) groups is 1. The molecule has 0 radical (unpaired) electrons. The lowest BCUT2D eigenvalue weighted by Crippen LogP contribution is -2.31. The Hall–Kier alpha value is -1.09. The van der Waals surface area contributed by atoms with E-state index in [4.69, 9.17) is 12.2 Å². The molecule has 0 aliphatic carbocycles. The van der Waals surface area contributed by atoms with Crippen molar-refractivity contribution in [2.24, 2.45) is 5.41 Å². The topological polar surface area (TPSA) is 24.1 Å². The third-order valence-corrected chi connectivity index (χ3v) is 3.39. The molecule has 0 unspecified atom stereocenters. The summed E-state index contributed by atoms with van der Waals surface area (Å²) in [6.45, 7) is 11.9. The first-order valence-electron chi connectivity index (χ1n) is 6.97. The van der Waals surface area contributed by atoms with Gasteiger partial charge in [0.05, 0.1) is 0 Å². The molecule has 0 saturated carbocycles. The Bertz CT molecular complexity index is 433. The van der Waals surface area contributed by atoms with Gasteiger partial charge in [-0.2, -0.15) is 0 Å². The Morgan fingerprint density at radius 2 is 1.95 bits per heavy atom. The van der Waals surface area contributed by atoms with Gasteiger partial charge in [0.2, 0.25) is 0 Å². The summed E-state index contributed by atoms with van der Waals surface area (Å²) < 4.78 is 0. The Morgan fingerprint density at radius 3 is 2.53 bits per heavy atom. The first kappa shape index (κ1) is 16.0. The standard InChI is InChI=1S/C16H26N2S/c1-6-13-9-7-8-12(2)14(13)18-15(19)17-11-10-16(3,4)5/h7-9H,6,10-11H2,1-5H3,(H2,17,18,19). The van der Waals surface area contributed by atoms with Crippen molar-refractivity contribution in [1.29, 1.82) is 0 Å². The Balaban J connectivity index is 2.58. The van der Waals surface area contributed by atoms with E-state index in [2.05, 4.69) is 63.5 Å². The molecule has 2 N–H and O–H groups in total. The van der Waals surface area contributed by atoms with Crippen molar-refractivity contribution in [3.63, 3.8) is 0 Å². The summed E-state index contributed by atoms with van der Waals surface area (Å²) in [6.07, 6.45) is 2.11. The van der Waals surface area contributed by atoms with Crippen LogP contribution >= 0.6 is 12.2 Å². The maximum Gasteiger partial charge on any atom is 0.170 e. The number of hydrogen-bond acceptors (Lipinski definition) is 1. The van der Waals surface area contributed by atoms with Gasteiger partial charge in [-0.05, 0) is 48.5 Å². The molecule has 19 heavy (non-hydrogen) atoms. The van der Waals surface area contributed by atoms with Crippen molar-refractivity contribution in [3.8, 4) is 0 Å². The largest absolute Gasteiger partial charge is 0.362 e. The van der Waals surface area contributed by atoms with Gasteiger partial charge in [-0.25, -0.2) is 0 Å². The van der Waals surface area contributed by atoms with Gasteiger partial charge in [0.1, 0.15) is 0 Å². The molecular weight excluding hydrogens is 252 g/mol. The van der Waals surface area contributed by atoms with E-state index in [9.17, 15) is 0 Å². The maximum absolute atomic E-state index is 5.37. The highest BCUT2D eigenvalue weighted by Crippen LogP contribution is 2.21. The number of hydrogen-bond donors (Lipinski definition) is 2. The second-order valence-corrected chi connectivity index (χ2v) is 6.56. The number of anilines is 1. The van der Waals surface area contributed by atoms with Gasteiger partial charge in [-0.3, -0.25) is 0 Å². The average Bonchev–Trinajstić information content (AvgIpc) is 2.30. The van der Waals surface area contributed by atoms with Gasteiger partial charge >= 0.3 is 0 Å². The van der Waals surface area contributed by atoms with Crippen molar-refractivity contribution < 1.29 is 0 Å². The first-order valence-corrected chi connectivity index (χ1v) is 7.37. The molecule has 0 fully saturated rings. The predicted octanol–water partition coefficient (Wildman–Crippen LogP) is 4.28. The molecule has 0 amide bonds. The molecule has 0 aliphatic heterocycles. The highest BCUT2D eigenvalue weighted by molar-refractivity contribution is 7.80. The molecule has 2 nitrogen and oxygen atoms in total. The number of nitrogens with one attached hydrogen (secondary N) is 2. The van der Waals surface area contributed by atoms with Gasteiger partial charge in [0.15, 0.2) is 5.11 Å². The molecule has 1 rings (SSSR count). The highest BCUT2D eigenvalue weighted by atomic mass is 32.1. The molecule has 0 heterocycles. The molecule has 106 valence electrons. The summed E-state index contributed by atoms with van der Waals surface area (Å²) in [5.74, 6) is 0. The van der Waals surface area contributed by atoms with E-state index in [1.807, 2.05) is 0 Å². The van der Waals surface area contributed by atoms with Crippen molar-refractivity contribution in [2.75, 3.05) is 11.9 Å². The van der Waals surface area contributed by atoms with Crippen LogP contribution in [-0.4, -0.2) is 11.7 Å². The lowest BCUT2D eigenvalue weighted by molar-refractivity contribution is 0.378. The van der Waals surface area contributed by atoms with E-state index in [1.165, 1.54) is 11.1 Å². The minimum Gasteiger partial charge on any atom is -0.362 e. The minimum absolute atomic E-state index is 0.333. The summed E-state index contributed by atoms with van der Waals surface area (Å²) in [5.41, 5.74) is 4.03. The van der Waals surface area contributed by atoms with Crippen LogP contribution in [0, 0.1) is 12.3 Å². The summed E-state index contributed by atoms with van der Waals surface area (Å²) >= 11 is 5.37. The van der Waals surface area contributed by atoms with Gasteiger partial charge in [-0.1, -0.05) is 45.9 Å². The minimum atomic E-state index is 0.333. The third-order valence-electron chi connectivity index (χ3n) is 3.14. The molecule has 1 aromatic carbocycles.